The molecule has 0 N–H and O–H groups in total. The fraction of sp³-hybridized carbons (Fsp3) is 0.143. The lowest BCUT2D eigenvalue weighted by Crippen LogP contribution is -2.09. The van der Waals surface area contributed by atoms with Gasteiger partial charge in [0.05, 0.1) is 5.69 Å². The number of halogens is 1. The average molecular weight is 276 g/mol. The maximum absolute atomic E-state index is 3.57. The molecule has 0 aliphatic rings. The van der Waals surface area contributed by atoms with Gasteiger partial charge in [0.25, 0.3) is 0 Å². The monoisotopic (exact) mass is 275 g/mol. The molecule has 0 saturated carbocycles. The lowest BCUT2D eigenvalue weighted by molar-refractivity contribution is 1.20. The van der Waals surface area contributed by atoms with Crippen LogP contribution in [0.25, 0.3) is 0 Å². The zero-order valence-corrected chi connectivity index (χ0v) is 11.0. The maximum Gasteiger partial charge on any atom is 0.0552 e. The SMILES string of the molecule is Cc1ccc(N(C)c2ccccc2Br)cc1. The zero-order valence-electron chi connectivity index (χ0n) is 9.44. The second-order valence-electron chi connectivity index (χ2n) is 3.85. The number of nitrogens with zero attached hydrogens (tertiary/aromatic N) is 1. The Labute approximate surface area is 105 Å². The average Bonchev–Trinajstić information content (AvgIpc) is 2.30. The Kier molecular flexibility index (Phi) is 3.30. The van der Waals surface area contributed by atoms with Crippen molar-refractivity contribution < 1.29 is 0 Å². The van der Waals surface area contributed by atoms with Crippen LogP contribution in [0, 0.1) is 6.92 Å². The van der Waals surface area contributed by atoms with Crippen molar-refractivity contribution in [3.63, 3.8) is 0 Å². The molecule has 16 heavy (non-hydrogen) atoms. The van der Waals surface area contributed by atoms with E-state index in [-0.39, 0.29) is 0 Å². The van der Waals surface area contributed by atoms with Crippen molar-refractivity contribution in [2.75, 3.05) is 11.9 Å². The van der Waals surface area contributed by atoms with Crippen molar-refractivity contribution in [2.45, 2.75) is 6.92 Å². The number of hydrogen-bond acceptors (Lipinski definition) is 1. The highest BCUT2D eigenvalue weighted by Crippen LogP contribution is 2.30. The molecule has 0 radical (unpaired) electrons. The fourth-order valence-electron chi connectivity index (χ4n) is 1.63. The van der Waals surface area contributed by atoms with Gasteiger partial charge in [-0.05, 0) is 47.1 Å². The van der Waals surface area contributed by atoms with E-state index >= 15 is 0 Å². The lowest BCUT2D eigenvalue weighted by Gasteiger charge is -2.20. The summed E-state index contributed by atoms with van der Waals surface area (Å²) in [6.45, 7) is 2.10. The Morgan fingerprint density at radius 3 is 2.19 bits per heavy atom. The van der Waals surface area contributed by atoms with Gasteiger partial charge >= 0.3 is 0 Å². The van der Waals surface area contributed by atoms with Gasteiger partial charge in [0, 0.05) is 17.2 Å². The Bertz CT molecular complexity index is 476. The third-order valence-electron chi connectivity index (χ3n) is 2.64. The van der Waals surface area contributed by atoms with Crippen LogP contribution in [-0.2, 0) is 0 Å². The predicted molar refractivity (Wildman–Crippen MR) is 73.4 cm³/mol. The quantitative estimate of drug-likeness (QED) is 0.779. The van der Waals surface area contributed by atoms with Gasteiger partial charge < -0.3 is 4.90 Å². The van der Waals surface area contributed by atoms with E-state index < -0.39 is 0 Å². The van der Waals surface area contributed by atoms with E-state index in [0.717, 1.165) is 4.47 Å². The van der Waals surface area contributed by atoms with Gasteiger partial charge in [0.1, 0.15) is 0 Å². The first-order chi connectivity index (χ1) is 7.68. The van der Waals surface area contributed by atoms with Crippen LogP contribution in [0.15, 0.2) is 53.0 Å². The van der Waals surface area contributed by atoms with Gasteiger partial charge in [-0.25, -0.2) is 0 Å². The third kappa shape index (κ3) is 2.27. The molecule has 82 valence electrons. The molecule has 0 fully saturated rings. The molecule has 0 aliphatic heterocycles. The summed E-state index contributed by atoms with van der Waals surface area (Å²) in [7, 11) is 2.07. The van der Waals surface area contributed by atoms with Gasteiger partial charge in [0.15, 0.2) is 0 Å². The summed E-state index contributed by atoms with van der Waals surface area (Å²) in [5.74, 6) is 0. The summed E-state index contributed by atoms with van der Waals surface area (Å²) >= 11 is 3.57. The highest BCUT2D eigenvalue weighted by molar-refractivity contribution is 9.10. The van der Waals surface area contributed by atoms with E-state index in [9.17, 15) is 0 Å². The molecule has 0 amide bonds. The standard InChI is InChI=1S/C14H14BrN/c1-11-7-9-12(10-8-11)16(2)14-6-4-3-5-13(14)15/h3-10H,1-2H3. The van der Waals surface area contributed by atoms with Gasteiger partial charge in [-0.2, -0.15) is 0 Å². The molecule has 0 saturated heterocycles. The van der Waals surface area contributed by atoms with Crippen molar-refractivity contribution >= 4 is 27.3 Å². The number of anilines is 2. The predicted octanol–water partition coefficient (Wildman–Crippen LogP) is 4.53. The third-order valence-corrected chi connectivity index (χ3v) is 3.31. The minimum atomic E-state index is 1.11. The minimum absolute atomic E-state index is 1.11. The first-order valence-electron chi connectivity index (χ1n) is 5.23. The number of para-hydroxylation sites is 1. The van der Waals surface area contributed by atoms with Crippen molar-refractivity contribution in [3.8, 4) is 0 Å². The Balaban J connectivity index is 2.35. The first-order valence-corrected chi connectivity index (χ1v) is 6.03. The number of rotatable bonds is 2. The van der Waals surface area contributed by atoms with E-state index in [1.807, 2.05) is 12.1 Å². The molecule has 1 nitrogen and oxygen atoms in total. The first kappa shape index (κ1) is 11.2. The molecule has 2 heteroatoms. The number of aryl methyl sites for hydroxylation is 1. The van der Waals surface area contributed by atoms with Crippen LogP contribution < -0.4 is 4.90 Å². The molecule has 2 aromatic carbocycles. The largest absolute Gasteiger partial charge is 0.344 e. The van der Waals surface area contributed by atoms with Crippen LogP contribution in [-0.4, -0.2) is 7.05 Å². The normalized spacial score (nSPS) is 10.2. The van der Waals surface area contributed by atoms with Crippen molar-refractivity contribution in [3.05, 3.63) is 58.6 Å². The highest BCUT2D eigenvalue weighted by Gasteiger charge is 2.06. The van der Waals surface area contributed by atoms with Crippen LogP contribution >= 0.6 is 15.9 Å². The van der Waals surface area contributed by atoms with Gasteiger partial charge in [0.2, 0.25) is 0 Å². The molecule has 0 atom stereocenters. The van der Waals surface area contributed by atoms with Gasteiger partial charge in [-0.3, -0.25) is 0 Å². The van der Waals surface area contributed by atoms with Gasteiger partial charge in [-0.1, -0.05) is 29.8 Å². The Morgan fingerprint density at radius 2 is 1.56 bits per heavy atom. The highest BCUT2D eigenvalue weighted by atomic mass is 79.9. The summed E-state index contributed by atoms with van der Waals surface area (Å²) < 4.78 is 1.11. The minimum Gasteiger partial charge on any atom is -0.344 e. The van der Waals surface area contributed by atoms with Crippen LogP contribution in [0.2, 0.25) is 0 Å². The van der Waals surface area contributed by atoms with Gasteiger partial charge in [-0.15, -0.1) is 0 Å². The van der Waals surface area contributed by atoms with Crippen LogP contribution in [0.4, 0.5) is 11.4 Å². The smallest absolute Gasteiger partial charge is 0.0552 e. The summed E-state index contributed by atoms with van der Waals surface area (Å²) in [5, 5.41) is 0. The molecule has 0 unspecified atom stereocenters. The Hall–Kier alpha value is -1.28. The van der Waals surface area contributed by atoms with E-state index in [1.54, 1.807) is 0 Å². The van der Waals surface area contributed by atoms with Crippen LogP contribution in [0.5, 0.6) is 0 Å². The second-order valence-corrected chi connectivity index (χ2v) is 4.70. The maximum atomic E-state index is 3.57. The molecule has 0 aromatic heterocycles. The van der Waals surface area contributed by atoms with Crippen molar-refractivity contribution in [1.82, 2.24) is 0 Å². The van der Waals surface area contributed by atoms with E-state index in [4.69, 9.17) is 0 Å². The topological polar surface area (TPSA) is 3.24 Å². The molecular formula is C14H14BrN. The summed E-state index contributed by atoms with van der Waals surface area (Å²) in [6.07, 6.45) is 0. The molecule has 2 rings (SSSR count). The molecule has 0 aliphatic carbocycles. The summed E-state index contributed by atoms with van der Waals surface area (Å²) in [6, 6.07) is 16.8. The van der Waals surface area contributed by atoms with E-state index in [1.165, 1.54) is 16.9 Å². The van der Waals surface area contributed by atoms with E-state index in [2.05, 4.69) is 71.2 Å². The molecular weight excluding hydrogens is 262 g/mol. The molecule has 0 spiro atoms. The zero-order chi connectivity index (χ0) is 11.5. The van der Waals surface area contributed by atoms with Crippen LogP contribution in [0.1, 0.15) is 5.56 Å². The van der Waals surface area contributed by atoms with Crippen LogP contribution in [0.3, 0.4) is 0 Å². The number of hydrogen-bond donors (Lipinski definition) is 0. The number of benzene rings is 2. The molecule has 0 bridgehead atoms. The Morgan fingerprint density at radius 1 is 0.938 bits per heavy atom. The summed E-state index contributed by atoms with van der Waals surface area (Å²) in [4.78, 5) is 2.17. The second kappa shape index (κ2) is 4.71. The molecule has 2 aromatic rings. The lowest BCUT2D eigenvalue weighted by atomic mass is 10.2. The summed E-state index contributed by atoms with van der Waals surface area (Å²) in [5.41, 5.74) is 3.65. The van der Waals surface area contributed by atoms with Crippen molar-refractivity contribution in [1.29, 1.82) is 0 Å². The fourth-order valence-corrected chi connectivity index (χ4v) is 2.18. The molecule has 0 heterocycles. The van der Waals surface area contributed by atoms with E-state index in [0.29, 0.717) is 0 Å². The van der Waals surface area contributed by atoms with Crippen molar-refractivity contribution in [2.24, 2.45) is 0 Å².